The average Bonchev–Trinajstić information content (AvgIpc) is 1.76. The van der Waals surface area contributed by atoms with Crippen molar-refractivity contribution in [2.75, 3.05) is 0 Å². The molecule has 96 valence electrons. The van der Waals surface area contributed by atoms with Crippen LogP contribution in [0.4, 0.5) is 0 Å². The molecule has 0 aromatic heterocycles. The van der Waals surface area contributed by atoms with E-state index >= 15 is 0 Å². The van der Waals surface area contributed by atoms with Crippen molar-refractivity contribution in [3.8, 4) is 0 Å². The van der Waals surface area contributed by atoms with Gasteiger partial charge >= 0.3 is 23.9 Å². The maximum atomic E-state index is 9.33. The Bertz CT molecular complexity index is 159. The first-order chi connectivity index (χ1) is 6.93. The first-order valence-corrected chi connectivity index (χ1v) is 4.23. The molecule has 17 heavy (non-hydrogen) atoms. The van der Waals surface area contributed by atoms with Gasteiger partial charge in [0.2, 0.25) is 0 Å². The third kappa shape index (κ3) is 2320. The van der Waals surface area contributed by atoms with Crippen LogP contribution in [0.1, 0.15) is 27.7 Å². The number of rotatable bonds is 0. The molecule has 0 rings (SSSR count). The predicted octanol–water partition coefficient (Wildman–Crippen LogP) is -0.860. The molecule has 0 N–H and O–H groups in total. The summed E-state index contributed by atoms with van der Waals surface area (Å²) in [6, 6.07) is 0. The minimum absolute atomic E-state index is 0. The van der Waals surface area contributed by atoms with Gasteiger partial charge in [0, 0.05) is 0 Å². The molecule has 4 nitrogen and oxygen atoms in total. The summed E-state index contributed by atoms with van der Waals surface area (Å²) >= 11 is 0. The minimum atomic E-state index is -0.0833. The number of hydrogen-bond donors (Lipinski definition) is 0. The molecule has 5 heteroatoms. The molecule has 0 aliphatic carbocycles. The van der Waals surface area contributed by atoms with Crippen LogP contribution in [0.15, 0.2) is 49.4 Å². The van der Waals surface area contributed by atoms with Crippen molar-refractivity contribution in [1.82, 2.24) is 0 Å². The molecule has 0 aromatic rings. The second kappa shape index (κ2) is 24.3. The largest absolute Gasteiger partial charge is 4.00 e. The van der Waals surface area contributed by atoms with Crippen LogP contribution in [0.3, 0.4) is 0 Å². The van der Waals surface area contributed by atoms with Crippen LogP contribution in [-0.4, -0.2) is 23.9 Å². The van der Waals surface area contributed by atoms with Crippen molar-refractivity contribution in [1.29, 1.82) is 0 Å². The fraction of sp³-hybridized carbons (Fsp3) is 0.333. The van der Waals surface area contributed by atoms with Gasteiger partial charge in [-0.05, 0) is 0 Å². The Labute approximate surface area is 121 Å². The van der Waals surface area contributed by atoms with Crippen molar-refractivity contribution in [2.24, 2.45) is 0 Å². The van der Waals surface area contributed by atoms with E-state index in [4.69, 9.17) is 0 Å². The molecule has 0 aromatic carbocycles. The third-order valence-corrected chi connectivity index (χ3v) is 0. The first kappa shape index (κ1) is 29.7. The zero-order valence-electron chi connectivity index (χ0n) is 11.0. The first-order valence-electron chi connectivity index (χ1n) is 4.23. The van der Waals surface area contributed by atoms with Gasteiger partial charge in [-0.1, -0.05) is 27.7 Å². The van der Waals surface area contributed by atoms with Crippen LogP contribution in [-0.2, 0) is 0 Å². The van der Waals surface area contributed by atoms with E-state index in [1.807, 2.05) is 0 Å². The van der Waals surface area contributed by atoms with Crippen LogP contribution >= 0.6 is 0 Å². The zero-order chi connectivity index (χ0) is 14.3. The van der Waals surface area contributed by atoms with E-state index in [-0.39, 0.29) is 46.9 Å². The van der Waals surface area contributed by atoms with E-state index in [1.54, 1.807) is 0 Å². The van der Waals surface area contributed by atoms with Gasteiger partial charge in [0.1, 0.15) is 0 Å². The fourth-order valence-corrected chi connectivity index (χ4v) is 0. The zero-order valence-corrected chi connectivity index (χ0v) is 13.8. The molecular weight excluding hydrogens is 327 g/mol. The summed E-state index contributed by atoms with van der Waals surface area (Å²) in [6.07, 6.45) is 0. The van der Waals surface area contributed by atoms with E-state index in [2.05, 4.69) is 26.3 Å². The van der Waals surface area contributed by atoms with Gasteiger partial charge in [-0.2, -0.15) is 0 Å². The Morgan fingerprint density at radius 3 is 0.529 bits per heavy atom. The molecule has 0 spiro atoms. The van der Waals surface area contributed by atoms with Gasteiger partial charge in [0.05, 0.1) is 0 Å². The van der Waals surface area contributed by atoms with Crippen LogP contribution in [0.5, 0.6) is 0 Å². The van der Waals surface area contributed by atoms with Gasteiger partial charge in [-0.3, -0.25) is 0 Å². The summed E-state index contributed by atoms with van der Waals surface area (Å²) in [5, 5.41) is 37.3. The molecule has 0 radical (unpaired) electrons. The summed E-state index contributed by atoms with van der Waals surface area (Å²) in [7, 11) is 0. The Morgan fingerprint density at radius 2 is 0.529 bits per heavy atom. The maximum Gasteiger partial charge on any atom is 4.00 e. The molecule has 0 unspecified atom stereocenters. The van der Waals surface area contributed by atoms with Gasteiger partial charge < -0.3 is 20.4 Å². The van der Waals surface area contributed by atoms with E-state index in [9.17, 15) is 20.4 Å². The molecule has 0 aliphatic rings. The summed E-state index contributed by atoms with van der Waals surface area (Å²) in [5.74, 6) is -0.333. The molecule has 0 amide bonds. The summed E-state index contributed by atoms with van der Waals surface area (Å²) in [6.45, 7) is 17.7. The maximum absolute atomic E-state index is 9.33. The summed E-state index contributed by atoms with van der Waals surface area (Å²) < 4.78 is 0. The Kier molecular flexibility index (Phi) is 42.5. The third-order valence-electron chi connectivity index (χ3n) is 0. The number of allylic oxidation sites excluding steroid dienone is 4. The molecule has 0 saturated heterocycles. The average molecular weight is 347 g/mol. The van der Waals surface area contributed by atoms with Crippen molar-refractivity contribution in [3.63, 3.8) is 0 Å². The van der Waals surface area contributed by atoms with E-state index in [1.165, 1.54) is 27.7 Å². The van der Waals surface area contributed by atoms with Gasteiger partial charge in [0.15, 0.2) is 0 Å². The summed E-state index contributed by atoms with van der Waals surface area (Å²) in [4.78, 5) is 0. The minimum Gasteiger partial charge on any atom is -0.876 e. The molecule has 0 heterocycles. The van der Waals surface area contributed by atoms with Crippen molar-refractivity contribution >= 4 is 23.9 Å². The van der Waals surface area contributed by atoms with E-state index < -0.39 is 0 Å². The fourth-order valence-electron chi connectivity index (χ4n) is 0. The monoisotopic (exact) mass is 348 g/mol. The predicted molar refractivity (Wildman–Crippen MR) is 65.0 cm³/mol. The molecular formula is C12H20O4Sn. The normalized spacial score (nSPS) is 5.88. The Morgan fingerprint density at radius 1 is 0.529 bits per heavy atom. The second-order valence-electron chi connectivity index (χ2n) is 2.81. The standard InChI is InChI=1S/4C3H6O.Sn/c4*1-3(2)4;/h4*4H,1H2,2H3;/q;;;;+4/p-4. The Hall–Kier alpha value is -1.04. The smallest absolute Gasteiger partial charge is 0.876 e. The van der Waals surface area contributed by atoms with Gasteiger partial charge in [0.25, 0.3) is 0 Å². The topological polar surface area (TPSA) is 92.2 Å². The van der Waals surface area contributed by atoms with Gasteiger partial charge in [-0.25, -0.2) is 0 Å². The quantitative estimate of drug-likeness (QED) is 0.421. The van der Waals surface area contributed by atoms with Crippen molar-refractivity contribution < 1.29 is 20.4 Å². The molecule has 0 fully saturated rings. The van der Waals surface area contributed by atoms with Gasteiger partial charge in [-0.15, -0.1) is 49.4 Å². The van der Waals surface area contributed by atoms with Crippen LogP contribution in [0.25, 0.3) is 0 Å². The second-order valence-corrected chi connectivity index (χ2v) is 2.81. The van der Waals surface area contributed by atoms with Crippen LogP contribution in [0, 0.1) is 0 Å². The molecule has 0 bridgehead atoms. The van der Waals surface area contributed by atoms with Crippen molar-refractivity contribution in [2.45, 2.75) is 27.7 Å². The van der Waals surface area contributed by atoms with Crippen LogP contribution in [0.2, 0.25) is 0 Å². The van der Waals surface area contributed by atoms with Crippen molar-refractivity contribution in [3.05, 3.63) is 49.4 Å². The van der Waals surface area contributed by atoms with E-state index in [0.29, 0.717) is 0 Å². The van der Waals surface area contributed by atoms with Crippen LogP contribution < -0.4 is 20.4 Å². The molecule has 0 saturated carbocycles. The summed E-state index contributed by atoms with van der Waals surface area (Å²) in [5.41, 5.74) is 0. The Balaban J connectivity index is -0.0000000369. The number of hydrogen-bond acceptors (Lipinski definition) is 4. The molecule has 0 aliphatic heterocycles. The van der Waals surface area contributed by atoms with E-state index in [0.717, 1.165) is 0 Å². The molecule has 0 atom stereocenters. The SMILES string of the molecule is C=C(C)[O-].C=C(C)[O-].C=C(C)[O-].C=C(C)[O-].[Sn+4].